The summed E-state index contributed by atoms with van der Waals surface area (Å²) >= 11 is 5.99. The molecule has 1 amide bonds. The quantitative estimate of drug-likeness (QED) is 0.526. The normalized spacial score (nSPS) is 14.2. The number of likely N-dealkylation sites (tertiary alicyclic amines) is 1. The van der Waals surface area contributed by atoms with Crippen molar-refractivity contribution < 1.29 is 23.9 Å². The van der Waals surface area contributed by atoms with Gasteiger partial charge >= 0.3 is 11.9 Å². The van der Waals surface area contributed by atoms with Crippen LogP contribution in [-0.4, -0.2) is 54.5 Å². The molecule has 1 saturated heterocycles. The first kappa shape index (κ1) is 22.7. The SMILES string of the molecule is COC(=O)C1CCN(C(=O)COC(=O)c2cc(-c3ccc(Cl)cc3)nc3ccccc23)CC1. The number of amides is 1. The van der Waals surface area contributed by atoms with E-state index in [9.17, 15) is 14.4 Å². The Morgan fingerprint density at radius 1 is 1.06 bits per heavy atom. The van der Waals surface area contributed by atoms with Gasteiger partial charge in [0.15, 0.2) is 6.61 Å². The first-order valence-corrected chi connectivity index (χ1v) is 11.0. The number of ether oxygens (including phenoxy) is 2. The molecule has 0 aliphatic carbocycles. The molecule has 0 atom stereocenters. The highest BCUT2D eigenvalue weighted by molar-refractivity contribution is 6.30. The Labute approximate surface area is 196 Å². The lowest BCUT2D eigenvalue weighted by Gasteiger charge is -2.30. The lowest BCUT2D eigenvalue weighted by atomic mass is 9.97. The molecule has 2 heterocycles. The van der Waals surface area contributed by atoms with E-state index in [1.807, 2.05) is 30.3 Å². The summed E-state index contributed by atoms with van der Waals surface area (Å²) in [5.74, 6) is -1.34. The second kappa shape index (κ2) is 10.0. The maximum atomic E-state index is 13.0. The van der Waals surface area contributed by atoms with Crippen LogP contribution >= 0.6 is 11.6 Å². The van der Waals surface area contributed by atoms with Gasteiger partial charge in [0.1, 0.15) is 0 Å². The van der Waals surface area contributed by atoms with E-state index in [-0.39, 0.29) is 24.4 Å². The number of benzene rings is 2. The molecule has 170 valence electrons. The van der Waals surface area contributed by atoms with E-state index in [1.54, 1.807) is 29.2 Å². The summed E-state index contributed by atoms with van der Waals surface area (Å²) in [7, 11) is 1.36. The second-order valence-corrected chi connectivity index (χ2v) is 8.27. The molecule has 1 fully saturated rings. The number of hydrogen-bond donors (Lipinski definition) is 0. The Balaban J connectivity index is 1.48. The van der Waals surface area contributed by atoms with E-state index in [0.717, 1.165) is 5.56 Å². The Kier molecular flexibility index (Phi) is 6.89. The molecule has 33 heavy (non-hydrogen) atoms. The Bertz CT molecular complexity index is 1190. The van der Waals surface area contributed by atoms with Gasteiger partial charge in [-0.25, -0.2) is 9.78 Å². The Hall–Kier alpha value is -3.45. The van der Waals surface area contributed by atoms with E-state index < -0.39 is 5.97 Å². The highest BCUT2D eigenvalue weighted by atomic mass is 35.5. The first-order valence-electron chi connectivity index (χ1n) is 10.6. The van der Waals surface area contributed by atoms with Crippen LogP contribution in [0.1, 0.15) is 23.2 Å². The van der Waals surface area contributed by atoms with Gasteiger partial charge in [0, 0.05) is 29.1 Å². The lowest BCUT2D eigenvalue weighted by molar-refractivity contribution is -0.149. The predicted molar refractivity (Wildman–Crippen MR) is 124 cm³/mol. The molecule has 1 aliphatic heterocycles. The predicted octanol–water partition coefficient (Wildman–Crippen LogP) is 4.12. The molecule has 1 aliphatic rings. The largest absolute Gasteiger partial charge is 0.469 e. The van der Waals surface area contributed by atoms with Crippen LogP contribution in [0, 0.1) is 5.92 Å². The van der Waals surface area contributed by atoms with Crippen LogP contribution in [0.3, 0.4) is 0 Å². The standard InChI is InChI=1S/C25H23ClN2O5/c1-32-24(30)17-10-12-28(13-11-17)23(29)15-33-25(31)20-14-22(16-6-8-18(26)9-7-16)27-21-5-3-2-4-19(20)21/h2-9,14,17H,10-13,15H2,1H3. The highest BCUT2D eigenvalue weighted by Crippen LogP contribution is 2.26. The summed E-state index contributed by atoms with van der Waals surface area (Å²) in [5, 5.41) is 1.25. The van der Waals surface area contributed by atoms with Gasteiger partial charge in [-0.2, -0.15) is 0 Å². The first-order chi connectivity index (χ1) is 16.0. The molecule has 3 aromatic rings. The third kappa shape index (κ3) is 5.14. The molecule has 0 radical (unpaired) electrons. The number of methoxy groups -OCH3 is 1. The van der Waals surface area contributed by atoms with Crippen LogP contribution in [0.2, 0.25) is 5.02 Å². The van der Waals surface area contributed by atoms with Crippen molar-refractivity contribution in [1.82, 2.24) is 9.88 Å². The van der Waals surface area contributed by atoms with Crippen molar-refractivity contribution in [3.8, 4) is 11.3 Å². The molecule has 0 bridgehead atoms. The average molecular weight is 467 g/mol. The van der Waals surface area contributed by atoms with Crippen LogP contribution in [0.4, 0.5) is 0 Å². The fraction of sp³-hybridized carbons (Fsp3) is 0.280. The molecule has 0 saturated carbocycles. The number of hydrogen-bond acceptors (Lipinski definition) is 6. The number of fused-ring (bicyclic) bond motifs is 1. The molecule has 0 spiro atoms. The maximum absolute atomic E-state index is 13.0. The number of pyridine rings is 1. The van der Waals surface area contributed by atoms with Gasteiger partial charge in [0.25, 0.3) is 5.91 Å². The van der Waals surface area contributed by atoms with Gasteiger partial charge in [-0.3, -0.25) is 9.59 Å². The third-order valence-electron chi connectivity index (χ3n) is 5.79. The number of para-hydroxylation sites is 1. The summed E-state index contributed by atoms with van der Waals surface area (Å²) in [6, 6.07) is 16.1. The number of carbonyl (C=O) groups is 3. The molecule has 0 unspecified atom stereocenters. The number of aromatic nitrogens is 1. The van der Waals surface area contributed by atoms with Gasteiger partial charge in [0.2, 0.25) is 0 Å². The Morgan fingerprint density at radius 3 is 2.45 bits per heavy atom. The van der Waals surface area contributed by atoms with E-state index in [2.05, 4.69) is 4.98 Å². The monoisotopic (exact) mass is 466 g/mol. The van der Waals surface area contributed by atoms with Gasteiger partial charge < -0.3 is 14.4 Å². The zero-order valence-electron chi connectivity index (χ0n) is 18.1. The molecule has 8 heteroatoms. The number of halogens is 1. The summed E-state index contributed by atoms with van der Waals surface area (Å²) < 4.78 is 10.2. The topological polar surface area (TPSA) is 85.8 Å². The van der Waals surface area contributed by atoms with Crippen molar-refractivity contribution in [2.24, 2.45) is 5.92 Å². The minimum Gasteiger partial charge on any atom is -0.469 e. The number of esters is 2. The third-order valence-corrected chi connectivity index (χ3v) is 6.04. The molecule has 4 rings (SSSR count). The van der Waals surface area contributed by atoms with Gasteiger partial charge in [0.05, 0.1) is 29.8 Å². The highest BCUT2D eigenvalue weighted by Gasteiger charge is 2.28. The van der Waals surface area contributed by atoms with Crippen molar-refractivity contribution in [3.05, 3.63) is 65.2 Å². The second-order valence-electron chi connectivity index (χ2n) is 7.83. The molecule has 0 N–H and O–H groups in total. The van der Waals surface area contributed by atoms with E-state index >= 15 is 0 Å². The average Bonchev–Trinajstić information content (AvgIpc) is 2.86. The van der Waals surface area contributed by atoms with Gasteiger partial charge in [-0.1, -0.05) is 41.9 Å². The van der Waals surface area contributed by atoms with Crippen LogP contribution in [0.5, 0.6) is 0 Å². The lowest BCUT2D eigenvalue weighted by Crippen LogP contribution is -2.42. The van der Waals surface area contributed by atoms with Crippen LogP contribution in [-0.2, 0) is 19.1 Å². The Morgan fingerprint density at radius 2 is 1.76 bits per heavy atom. The zero-order chi connectivity index (χ0) is 23.4. The summed E-state index contributed by atoms with van der Waals surface area (Å²) in [6.45, 7) is 0.485. The van der Waals surface area contributed by atoms with Crippen LogP contribution < -0.4 is 0 Å². The van der Waals surface area contributed by atoms with Crippen molar-refractivity contribution in [2.45, 2.75) is 12.8 Å². The molecular weight excluding hydrogens is 444 g/mol. The van der Waals surface area contributed by atoms with E-state index in [4.69, 9.17) is 21.1 Å². The smallest absolute Gasteiger partial charge is 0.339 e. The molecule has 1 aromatic heterocycles. The number of nitrogens with zero attached hydrogens (tertiary/aromatic N) is 2. The molecule has 7 nitrogen and oxygen atoms in total. The van der Waals surface area contributed by atoms with Crippen LogP contribution in [0.15, 0.2) is 54.6 Å². The number of carbonyl (C=O) groups excluding carboxylic acids is 3. The number of rotatable bonds is 5. The fourth-order valence-corrected chi connectivity index (χ4v) is 4.07. The number of piperidine rings is 1. The minimum atomic E-state index is -0.596. The van der Waals surface area contributed by atoms with Crippen molar-refractivity contribution in [3.63, 3.8) is 0 Å². The van der Waals surface area contributed by atoms with Crippen molar-refractivity contribution in [1.29, 1.82) is 0 Å². The summed E-state index contributed by atoms with van der Waals surface area (Å²) in [4.78, 5) is 43.5. The summed E-state index contributed by atoms with van der Waals surface area (Å²) in [6.07, 6.45) is 1.07. The van der Waals surface area contributed by atoms with Gasteiger partial charge in [-0.15, -0.1) is 0 Å². The molecule has 2 aromatic carbocycles. The minimum absolute atomic E-state index is 0.198. The zero-order valence-corrected chi connectivity index (χ0v) is 18.9. The fourth-order valence-electron chi connectivity index (χ4n) is 3.94. The van der Waals surface area contributed by atoms with Crippen LogP contribution in [0.25, 0.3) is 22.2 Å². The van der Waals surface area contributed by atoms with E-state index in [1.165, 1.54) is 7.11 Å². The maximum Gasteiger partial charge on any atom is 0.339 e. The van der Waals surface area contributed by atoms with E-state index in [0.29, 0.717) is 53.1 Å². The summed E-state index contributed by atoms with van der Waals surface area (Å²) in [5.41, 5.74) is 2.40. The van der Waals surface area contributed by atoms with Crippen molar-refractivity contribution in [2.75, 3.05) is 26.8 Å². The van der Waals surface area contributed by atoms with Crippen molar-refractivity contribution >= 4 is 40.3 Å². The molecular formula is C25H23ClN2O5. The van der Waals surface area contributed by atoms with Gasteiger partial charge in [-0.05, 0) is 37.1 Å².